The van der Waals surface area contributed by atoms with Gasteiger partial charge in [0.1, 0.15) is 0 Å². The van der Waals surface area contributed by atoms with Crippen LogP contribution in [0.25, 0.3) is 11.3 Å². The quantitative estimate of drug-likeness (QED) is 0.711. The predicted molar refractivity (Wildman–Crippen MR) is 49.7 cm³/mol. The molecule has 13 heavy (non-hydrogen) atoms. The number of aromatic amines is 1. The van der Waals surface area contributed by atoms with Crippen molar-refractivity contribution >= 4 is 0 Å². The third kappa shape index (κ3) is 1.43. The second-order valence-corrected chi connectivity index (χ2v) is 2.67. The smallest absolute Gasteiger partial charge is 0.0929 e. The Morgan fingerprint density at radius 3 is 2.77 bits per heavy atom. The Bertz CT molecular complexity index is 380. The molecule has 0 fully saturated rings. The topological polar surface area (TPSA) is 67.6 Å². The minimum atomic E-state index is 0.470. The number of aromatic nitrogens is 3. The Labute approximate surface area is 75.8 Å². The van der Waals surface area contributed by atoms with Gasteiger partial charge in [-0.2, -0.15) is 0 Å². The molecule has 3 N–H and O–H groups in total. The summed E-state index contributed by atoms with van der Waals surface area (Å²) in [4.78, 5) is 11.1. The highest BCUT2D eigenvalue weighted by molar-refractivity contribution is 5.60. The van der Waals surface area contributed by atoms with Crippen molar-refractivity contribution in [3.05, 3.63) is 36.5 Å². The van der Waals surface area contributed by atoms with Gasteiger partial charge in [0.25, 0.3) is 0 Å². The van der Waals surface area contributed by atoms with E-state index >= 15 is 0 Å². The fourth-order valence-corrected chi connectivity index (χ4v) is 1.24. The molecule has 0 aliphatic rings. The second-order valence-electron chi connectivity index (χ2n) is 2.67. The molecular weight excluding hydrogens is 164 g/mol. The maximum atomic E-state index is 5.55. The lowest BCUT2D eigenvalue weighted by Crippen LogP contribution is -1.98. The van der Waals surface area contributed by atoms with Crippen molar-refractivity contribution in [2.24, 2.45) is 5.73 Å². The summed E-state index contributed by atoms with van der Waals surface area (Å²) in [6, 6.07) is 3.82. The number of hydrogen-bond donors (Lipinski definition) is 2. The van der Waals surface area contributed by atoms with E-state index in [0.717, 1.165) is 17.0 Å². The van der Waals surface area contributed by atoms with Crippen LogP contribution in [0.3, 0.4) is 0 Å². The molecule has 2 rings (SSSR count). The molecule has 66 valence electrons. The molecule has 0 bridgehead atoms. The Kier molecular flexibility index (Phi) is 2.06. The molecule has 2 aromatic rings. The summed E-state index contributed by atoms with van der Waals surface area (Å²) in [5.41, 5.74) is 8.44. The van der Waals surface area contributed by atoms with Crippen molar-refractivity contribution in [2.75, 3.05) is 0 Å². The van der Waals surface area contributed by atoms with Gasteiger partial charge >= 0.3 is 0 Å². The van der Waals surface area contributed by atoms with Crippen LogP contribution in [0.5, 0.6) is 0 Å². The number of rotatable bonds is 2. The summed E-state index contributed by atoms with van der Waals surface area (Å²) in [6.45, 7) is 0.470. The van der Waals surface area contributed by atoms with Crippen molar-refractivity contribution in [3.8, 4) is 11.3 Å². The Hall–Kier alpha value is -1.68. The van der Waals surface area contributed by atoms with Crippen molar-refractivity contribution in [2.45, 2.75) is 6.54 Å². The van der Waals surface area contributed by atoms with Crippen molar-refractivity contribution in [3.63, 3.8) is 0 Å². The molecule has 0 saturated heterocycles. The highest BCUT2D eigenvalue weighted by Crippen LogP contribution is 2.18. The molecule has 4 nitrogen and oxygen atoms in total. The van der Waals surface area contributed by atoms with Gasteiger partial charge in [-0.15, -0.1) is 0 Å². The van der Waals surface area contributed by atoms with Crippen LogP contribution in [-0.2, 0) is 6.54 Å². The third-order valence-electron chi connectivity index (χ3n) is 1.88. The lowest BCUT2D eigenvalue weighted by molar-refractivity contribution is 1.01. The van der Waals surface area contributed by atoms with E-state index in [4.69, 9.17) is 5.73 Å². The van der Waals surface area contributed by atoms with E-state index in [1.807, 2.05) is 12.1 Å². The van der Waals surface area contributed by atoms with Gasteiger partial charge in [-0.3, -0.25) is 4.98 Å². The Morgan fingerprint density at radius 2 is 2.08 bits per heavy atom. The van der Waals surface area contributed by atoms with Gasteiger partial charge in [0.05, 0.1) is 17.7 Å². The predicted octanol–water partition coefficient (Wildman–Crippen LogP) is 0.930. The standard InChI is InChI=1S/C9H10N4/c10-5-8-9(13-6-12-8)7-1-3-11-4-2-7/h1-4,6H,5,10H2,(H,12,13). The number of hydrogen-bond acceptors (Lipinski definition) is 3. The van der Waals surface area contributed by atoms with Gasteiger partial charge in [0.2, 0.25) is 0 Å². The van der Waals surface area contributed by atoms with E-state index in [0.29, 0.717) is 6.54 Å². The van der Waals surface area contributed by atoms with E-state index in [2.05, 4.69) is 15.0 Å². The summed E-state index contributed by atoms with van der Waals surface area (Å²) in [6.07, 6.45) is 5.13. The van der Waals surface area contributed by atoms with Crippen LogP contribution < -0.4 is 5.73 Å². The van der Waals surface area contributed by atoms with E-state index in [-0.39, 0.29) is 0 Å². The van der Waals surface area contributed by atoms with E-state index < -0.39 is 0 Å². The summed E-state index contributed by atoms with van der Waals surface area (Å²) in [5, 5.41) is 0. The molecular formula is C9H10N4. The number of nitrogens with zero attached hydrogens (tertiary/aromatic N) is 2. The van der Waals surface area contributed by atoms with E-state index in [9.17, 15) is 0 Å². The van der Waals surface area contributed by atoms with Gasteiger partial charge in [-0.25, -0.2) is 4.98 Å². The number of H-pyrrole nitrogens is 1. The van der Waals surface area contributed by atoms with Gasteiger partial charge < -0.3 is 10.7 Å². The maximum absolute atomic E-state index is 5.55. The molecule has 0 radical (unpaired) electrons. The number of nitrogens with two attached hydrogens (primary N) is 1. The first kappa shape index (κ1) is 7.94. The van der Waals surface area contributed by atoms with Crippen LogP contribution in [0.2, 0.25) is 0 Å². The SMILES string of the molecule is NCc1[nH]cnc1-c1ccncc1. The van der Waals surface area contributed by atoms with E-state index in [1.54, 1.807) is 18.7 Å². The van der Waals surface area contributed by atoms with Crippen LogP contribution in [0, 0.1) is 0 Å². The lowest BCUT2D eigenvalue weighted by Gasteiger charge is -1.98. The first-order chi connectivity index (χ1) is 6.42. The first-order valence-electron chi connectivity index (χ1n) is 4.04. The normalized spacial score (nSPS) is 10.2. The van der Waals surface area contributed by atoms with Crippen LogP contribution in [0.15, 0.2) is 30.9 Å². The highest BCUT2D eigenvalue weighted by atomic mass is 14.9. The number of imidazole rings is 1. The summed E-state index contributed by atoms with van der Waals surface area (Å²) in [5.74, 6) is 0. The minimum Gasteiger partial charge on any atom is -0.347 e. The maximum Gasteiger partial charge on any atom is 0.0929 e. The summed E-state index contributed by atoms with van der Waals surface area (Å²) in [7, 11) is 0. The van der Waals surface area contributed by atoms with Crippen LogP contribution in [0.1, 0.15) is 5.69 Å². The highest BCUT2D eigenvalue weighted by Gasteiger charge is 2.04. The molecule has 0 aromatic carbocycles. The Balaban J connectivity index is 2.47. The fourth-order valence-electron chi connectivity index (χ4n) is 1.24. The average molecular weight is 174 g/mol. The van der Waals surface area contributed by atoms with Gasteiger partial charge in [-0.05, 0) is 12.1 Å². The minimum absolute atomic E-state index is 0.470. The zero-order valence-electron chi connectivity index (χ0n) is 7.07. The van der Waals surface area contributed by atoms with Crippen LogP contribution in [0.4, 0.5) is 0 Å². The molecule has 2 heterocycles. The average Bonchev–Trinajstić information content (AvgIpc) is 2.67. The van der Waals surface area contributed by atoms with Crippen LogP contribution >= 0.6 is 0 Å². The van der Waals surface area contributed by atoms with Gasteiger partial charge in [0, 0.05) is 24.5 Å². The monoisotopic (exact) mass is 174 g/mol. The molecule has 0 saturated carbocycles. The summed E-state index contributed by atoms with van der Waals surface area (Å²) >= 11 is 0. The van der Waals surface area contributed by atoms with Crippen molar-refractivity contribution < 1.29 is 0 Å². The largest absolute Gasteiger partial charge is 0.347 e. The van der Waals surface area contributed by atoms with Crippen molar-refractivity contribution in [1.82, 2.24) is 15.0 Å². The lowest BCUT2D eigenvalue weighted by atomic mass is 10.1. The zero-order chi connectivity index (χ0) is 9.10. The second kappa shape index (κ2) is 3.37. The molecule has 0 spiro atoms. The van der Waals surface area contributed by atoms with Gasteiger partial charge in [0.15, 0.2) is 0 Å². The van der Waals surface area contributed by atoms with E-state index in [1.165, 1.54) is 0 Å². The molecule has 0 aliphatic heterocycles. The zero-order valence-corrected chi connectivity index (χ0v) is 7.07. The third-order valence-corrected chi connectivity index (χ3v) is 1.88. The molecule has 4 heteroatoms. The number of nitrogens with one attached hydrogen (secondary N) is 1. The number of pyridine rings is 1. The van der Waals surface area contributed by atoms with Gasteiger partial charge in [-0.1, -0.05) is 0 Å². The van der Waals surface area contributed by atoms with Crippen LogP contribution in [-0.4, -0.2) is 15.0 Å². The molecule has 0 atom stereocenters. The van der Waals surface area contributed by atoms with Crippen molar-refractivity contribution in [1.29, 1.82) is 0 Å². The molecule has 0 amide bonds. The fraction of sp³-hybridized carbons (Fsp3) is 0.111. The molecule has 0 unspecified atom stereocenters. The molecule has 2 aromatic heterocycles. The Morgan fingerprint density at radius 1 is 1.31 bits per heavy atom. The first-order valence-corrected chi connectivity index (χ1v) is 4.04. The molecule has 0 aliphatic carbocycles. The summed E-state index contributed by atoms with van der Waals surface area (Å²) < 4.78 is 0.